The Morgan fingerprint density at radius 1 is 1.04 bits per heavy atom. The van der Waals surface area contributed by atoms with Gasteiger partial charge < -0.3 is 14.8 Å². The highest BCUT2D eigenvalue weighted by atomic mass is 19.3. The first-order chi connectivity index (χ1) is 13.4. The molecule has 150 valence electrons. The summed E-state index contributed by atoms with van der Waals surface area (Å²) in [5.41, 5.74) is 0.892. The number of anilines is 1. The molecular formula is C21H23F2NO4. The molecule has 28 heavy (non-hydrogen) atoms. The third kappa shape index (κ3) is 6.04. The van der Waals surface area contributed by atoms with Gasteiger partial charge in [-0.25, -0.2) is 0 Å². The predicted molar refractivity (Wildman–Crippen MR) is 101 cm³/mol. The van der Waals surface area contributed by atoms with Crippen molar-refractivity contribution in [1.29, 1.82) is 0 Å². The number of para-hydroxylation sites is 2. The van der Waals surface area contributed by atoms with E-state index in [-0.39, 0.29) is 17.4 Å². The van der Waals surface area contributed by atoms with Gasteiger partial charge in [0.15, 0.2) is 6.61 Å². The minimum atomic E-state index is -3.02. The number of hydrogen-bond acceptors (Lipinski definition) is 4. The van der Waals surface area contributed by atoms with Crippen LogP contribution < -0.4 is 10.1 Å². The summed E-state index contributed by atoms with van der Waals surface area (Å²) in [7, 11) is 0. The standard InChI is InChI=1S/C21H23F2NO4/c1-3-14(2)19(15-9-5-4-6-10-15)20(26)27-13-18(25)24-16-11-7-8-12-17(16)28-21(22)23/h4-12,14,19,21H,3,13H2,1-2H3,(H,24,25)/t14-,19-/m0/s1. The van der Waals surface area contributed by atoms with E-state index in [9.17, 15) is 18.4 Å². The summed E-state index contributed by atoms with van der Waals surface area (Å²) in [5, 5.41) is 2.42. The number of benzene rings is 2. The lowest BCUT2D eigenvalue weighted by molar-refractivity contribution is -0.150. The van der Waals surface area contributed by atoms with Crippen molar-refractivity contribution in [2.75, 3.05) is 11.9 Å². The number of halogens is 2. The van der Waals surface area contributed by atoms with E-state index in [1.165, 1.54) is 18.2 Å². The first-order valence-electron chi connectivity index (χ1n) is 8.97. The molecule has 0 saturated carbocycles. The fourth-order valence-electron chi connectivity index (χ4n) is 2.77. The number of ether oxygens (including phenoxy) is 2. The zero-order valence-electron chi connectivity index (χ0n) is 15.7. The van der Waals surface area contributed by atoms with Gasteiger partial charge in [0.1, 0.15) is 5.75 Å². The third-order valence-electron chi connectivity index (χ3n) is 4.35. The van der Waals surface area contributed by atoms with Crippen molar-refractivity contribution in [3.63, 3.8) is 0 Å². The fourth-order valence-corrected chi connectivity index (χ4v) is 2.77. The second-order valence-electron chi connectivity index (χ2n) is 6.30. The molecule has 0 aliphatic rings. The van der Waals surface area contributed by atoms with Gasteiger partial charge in [-0.1, -0.05) is 62.7 Å². The van der Waals surface area contributed by atoms with Gasteiger partial charge in [0, 0.05) is 0 Å². The SMILES string of the molecule is CC[C@H](C)[C@H](C(=O)OCC(=O)Nc1ccccc1OC(F)F)c1ccccc1. The topological polar surface area (TPSA) is 64.6 Å². The van der Waals surface area contributed by atoms with Gasteiger partial charge in [0.2, 0.25) is 0 Å². The smallest absolute Gasteiger partial charge is 0.387 e. The second-order valence-corrected chi connectivity index (χ2v) is 6.30. The largest absolute Gasteiger partial charge is 0.455 e. The highest BCUT2D eigenvalue weighted by Gasteiger charge is 2.27. The van der Waals surface area contributed by atoms with E-state index in [4.69, 9.17) is 4.74 Å². The van der Waals surface area contributed by atoms with Crippen molar-refractivity contribution in [3.05, 3.63) is 60.2 Å². The van der Waals surface area contributed by atoms with Crippen LogP contribution in [0, 0.1) is 5.92 Å². The lowest BCUT2D eigenvalue weighted by atomic mass is 9.86. The van der Waals surface area contributed by atoms with Crippen LogP contribution >= 0.6 is 0 Å². The minimum absolute atomic E-state index is 0.0260. The Morgan fingerprint density at radius 3 is 2.32 bits per heavy atom. The Hall–Kier alpha value is -2.96. The van der Waals surface area contributed by atoms with Gasteiger partial charge in [-0.2, -0.15) is 8.78 Å². The Kier molecular flexibility index (Phi) is 7.92. The van der Waals surface area contributed by atoms with Crippen LogP contribution in [0.5, 0.6) is 5.75 Å². The Morgan fingerprint density at radius 2 is 1.68 bits per heavy atom. The number of rotatable bonds is 9. The maximum absolute atomic E-state index is 12.6. The van der Waals surface area contributed by atoms with E-state index in [0.29, 0.717) is 0 Å². The Bertz CT molecular complexity index is 783. The predicted octanol–water partition coefficient (Wildman–Crippen LogP) is 4.60. The number of nitrogens with one attached hydrogen (secondary N) is 1. The number of alkyl halides is 2. The molecule has 1 N–H and O–H groups in total. The zero-order chi connectivity index (χ0) is 20.5. The molecule has 0 unspecified atom stereocenters. The normalized spacial score (nSPS) is 12.9. The summed E-state index contributed by atoms with van der Waals surface area (Å²) < 4.78 is 34.4. The van der Waals surface area contributed by atoms with Crippen LogP contribution in [0.3, 0.4) is 0 Å². The molecule has 1 amide bonds. The van der Waals surface area contributed by atoms with E-state index in [2.05, 4.69) is 10.1 Å². The molecule has 0 aliphatic carbocycles. The van der Waals surface area contributed by atoms with Crippen LogP contribution in [0.1, 0.15) is 31.7 Å². The first-order valence-corrected chi connectivity index (χ1v) is 8.97. The summed E-state index contributed by atoms with van der Waals surface area (Å²) in [6.45, 7) is 0.372. The Labute approximate surface area is 162 Å². The number of hydrogen-bond donors (Lipinski definition) is 1. The van der Waals surface area contributed by atoms with Gasteiger partial charge in [-0.05, 0) is 23.6 Å². The van der Waals surface area contributed by atoms with Crippen molar-refractivity contribution in [3.8, 4) is 5.75 Å². The maximum Gasteiger partial charge on any atom is 0.387 e. The quantitative estimate of drug-likeness (QED) is 0.635. The van der Waals surface area contributed by atoms with Gasteiger partial charge in [-0.3, -0.25) is 9.59 Å². The fraction of sp³-hybridized carbons (Fsp3) is 0.333. The molecule has 2 aromatic rings. The molecule has 0 bridgehead atoms. The van der Waals surface area contributed by atoms with Crippen molar-refractivity contribution >= 4 is 17.6 Å². The lowest BCUT2D eigenvalue weighted by Gasteiger charge is -2.21. The van der Waals surface area contributed by atoms with Crippen molar-refractivity contribution < 1.29 is 27.8 Å². The molecule has 5 nitrogen and oxygen atoms in total. The summed E-state index contributed by atoms with van der Waals surface area (Å²) in [6.07, 6.45) is 0.763. The molecule has 0 spiro atoms. The van der Waals surface area contributed by atoms with Crippen LogP contribution in [-0.2, 0) is 14.3 Å². The number of amides is 1. The van der Waals surface area contributed by atoms with Crippen LogP contribution in [0.2, 0.25) is 0 Å². The Balaban J connectivity index is 2.00. The molecule has 0 fully saturated rings. The molecule has 0 aromatic heterocycles. The van der Waals surface area contributed by atoms with E-state index >= 15 is 0 Å². The van der Waals surface area contributed by atoms with Gasteiger partial charge in [0.05, 0.1) is 11.6 Å². The van der Waals surface area contributed by atoms with Gasteiger partial charge in [-0.15, -0.1) is 0 Å². The molecule has 0 aliphatic heterocycles. The molecule has 0 heterocycles. The van der Waals surface area contributed by atoms with Crippen LogP contribution in [0.25, 0.3) is 0 Å². The van der Waals surface area contributed by atoms with E-state index in [1.807, 2.05) is 44.2 Å². The molecule has 0 radical (unpaired) electrons. The summed E-state index contributed by atoms with van der Waals surface area (Å²) >= 11 is 0. The van der Waals surface area contributed by atoms with E-state index < -0.39 is 31.0 Å². The van der Waals surface area contributed by atoms with Crippen molar-refractivity contribution in [1.82, 2.24) is 0 Å². The van der Waals surface area contributed by atoms with Crippen LogP contribution in [0.15, 0.2) is 54.6 Å². The van der Waals surface area contributed by atoms with E-state index in [1.54, 1.807) is 6.07 Å². The molecule has 0 saturated heterocycles. The van der Waals surface area contributed by atoms with Gasteiger partial charge in [0.25, 0.3) is 5.91 Å². The number of carbonyl (C=O) groups excluding carboxylic acids is 2. The zero-order valence-corrected chi connectivity index (χ0v) is 15.7. The third-order valence-corrected chi connectivity index (χ3v) is 4.35. The van der Waals surface area contributed by atoms with Crippen molar-refractivity contribution in [2.24, 2.45) is 5.92 Å². The molecule has 7 heteroatoms. The molecular weight excluding hydrogens is 368 g/mol. The van der Waals surface area contributed by atoms with E-state index in [0.717, 1.165) is 12.0 Å². The monoisotopic (exact) mass is 391 g/mol. The average molecular weight is 391 g/mol. The maximum atomic E-state index is 12.6. The molecule has 2 atom stereocenters. The highest BCUT2D eigenvalue weighted by Crippen LogP contribution is 2.28. The molecule has 2 aromatic carbocycles. The average Bonchev–Trinajstić information content (AvgIpc) is 2.68. The van der Waals surface area contributed by atoms with Crippen molar-refractivity contribution in [2.45, 2.75) is 32.8 Å². The van der Waals surface area contributed by atoms with Crippen LogP contribution in [0.4, 0.5) is 14.5 Å². The summed E-state index contributed by atoms with van der Waals surface area (Å²) in [4.78, 5) is 24.7. The lowest BCUT2D eigenvalue weighted by Crippen LogP contribution is -2.27. The second kappa shape index (κ2) is 10.4. The first kappa shape index (κ1) is 21.3. The summed E-state index contributed by atoms with van der Waals surface area (Å²) in [5.74, 6) is -1.78. The molecule has 2 rings (SSSR count). The number of carbonyl (C=O) groups is 2. The highest BCUT2D eigenvalue weighted by molar-refractivity contribution is 5.94. The minimum Gasteiger partial charge on any atom is -0.455 e. The summed E-state index contributed by atoms with van der Waals surface area (Å²) in [6, 6.07) is 15.0. The van der Waals surface area contributed by atoms with Crippen LogP contribution in [-0.4, -0.2) is 25.1 Å². The van der Waals surface area contributed by atoms with Gasteiger partial charge >= 0.3 is 12.6 Å². The number of esters is 1.